The number of nitrogens with one attached hydrogen (secondary N) is 1. The summed E-state index contributed by atoms with van der Waals surface area (Å²) in [4.78, 5) is 17.3. The summed E-state index contributed by atoms with van der Waals surface area (Å²) in [6, 6.07) is 7.52. The van der Waals surface area contributed by atoms with E-state index in [4.69, 9.17) is 4.74 Å². The van der Waals surface area contributed by atoms with Crippen molar-refractivity contribution < 1.29 is 31.1 Å². The Balaban J connectivity index is 1.73. The molecule has 11 heteroatoms. The Bertz CT molecular complexity index is 1320. The van der Waals surface area contributed by atoms with Crippen LogP contribution in [0.4, 0.5) is 13.2 Å². The van der Waals surface area contributed by atoms with Gasteiger partial charge in [0.1, 0.15) is 5.01 Å². The zero-order chi connectivity index (χ0) is 25.3. The number of sulfonamides is 1. The van der Waals surface area contributed by atoms with E-state index in [1.807, 2.05) is 6.92 Å². The third-order valence-corrected chi connectivity index (χ3v) is 7.86. The van der Waals surface area contributed by atoms with Gasteiger partial charge in [-0.15, -0.1) is 11.3 Å². The Labute approximate surface area is 199 Å². The van der Waals surface area contributed by atoms with Gasteiger partial charge in [0.2, 0.25) is 10.0 Å². The fraction of sp³-hybridized carbons (Fsp3) is 0.304. The summed E-state index contributed by atoms with van der Waals surface area (Å²) in [6.07, 6.45) is -4.12. The van der Waals surface area contributed by atoms with Crippen molar-refractivity contribution in [3.8, 4) is 10.6 Å². The number of hydrogen-bond donors (Lipinski definition) is 1. The number of nitrogens with zero attached hydrogens (tertiary/aromatic N) is 1. The van der Waals surface area contributed by atoms with E-state index in [9.17, 15) is 26.4 Å². The average molecular weight is 513 g/mol. The number of halogens is 3. The number of thiazole rings is 1. The molecular weight excluding hydrogens is 489 g/mol. The lowest BCUT2D eigenvalue weighted by Gasteiger charge is -2.12. The molecule has 2 aromatic carbocycles. The lowest BCUT2D eigenvalue weighted by atomic mass is 10.0. The third-order valence-electron chi connectivity index (χ3n) is 5.36. The summed E-state index contributed by atoms with van der Waals surface area (Å²) in [6.45, 7) is 5.30. The SMILES string of the molecule is COC(=O)c1cc(S(=O)(=O)NCCc2nc(-c3ccc(C(F)(F)F)cc3)sc2C)cc(C)c1C. The number of esters is 1. The molecule has 1 N–H and O–H groups in total. The lowest BCUT2D eigenvalue weighted by Crippen LogP contribution is -2.26. The number of carbonyl (C=O) groups is 1. The van der Waals surface area contributed by atoms with Crippen molar-refractivity contribution in [2.24, 2.45) is 0 Å². The number of benzene rings is 2. The van der Waals surface area contributed by atoms with Gasteiger partial charge in [0.15, 0.2) is 0 Å². The standard InChI is InChI=1S/C23H23F3N2O4S2/c1-13-11-18(12-19(14(13)2)22(29)32-4)34(30,31)27-10-9-20-15(3)33-21(28-20)16-5-7-17(8-6-16)23(24,25)26/h5-8,11-12,27H,9-10H2,1-4H3. The Kier molecular flexibility index (Phi) is 7.49. The van der Waals surface area contributed by atoms with Crippen LogP contribution in [0.2, 0.25) is 0 Å². The van der Waals surface area contributed by atoms with Crippen molar-refractivity contribution in [2.75, 3.05) is 13.7 Å². The van der Waals surface area contributed by atoms with Gasteiger partial charge in [0.25, 0.3) is 0 Å². The maximum atomic E-state index is 12.8. The van der Waals surface area contributed by atoms with E-state index in [0.29, 0.717) is 27.4 Å². The second kappa shape index (κ2) is 9.85. The molecule has 0 aliphatic heterocycles. The maximum Gasteiger partial charge on any atom is 0.416 e. The zero-order valence-electron chi connectivity index (χ0n) is 18.9. The van der Waals surface area contributed by atoms with Crippen LogP contribution in [0.5, 0.6) is 0 Å². The summed E-state index contributed by atoms with van der Waals surface area (Å²) in [5.41, 5.74) is 1.93. The minimum atomic E-state index is -4.41. The molecule has 0 saturated heterocycles. The van der Waals surface area contributed by atoms with E-state index in [2.05, 4.69) is 9.71 Å². The highest BCUT2D eigenvalue weighted by molar-refractivity contribution is 7.89. The number of aryl methyl sites for hydroxylation is 2. The molecule has 1 heterocycles. The van der Waals surface area contributed by atoms with Gasteiger partial charge in [-0.1, -0.05) is 12.1 Å². The van der Waals surface area contributed by atoms with Crippen molar-refractivity contribution in [1.29, 1.82) is 0 Å². The Morgan fingerprint density at radius 2 is 1.76 bits per heavy atom. The normalized spacial score (nSPS) is 12.1. The molecule has 0 radical (unpaired) electrons. The summed E-state index contributed by atoms with van der Waals surface area (Å²) < 4.78 is 71.2. The number of aromatic nitrogens is 1. The summed E-state index contributed by atoms with van der Waals surface area (Å²) in [5, 5.41) is 0.556. The van der Waals surface area contributed by atoms with E-state index in [-0.39, 0.29) is 23.4 Å². The summed E-state index contributed by atoms with van der Waals surface area (Å²) in [5.74, 6) is -0.619. The molecule has 1 aromatic heterocycles. The van der Waals surface area contributed by atoms with E-state index < -0.39 is 27.7 Å². The van der Waals surface area contributed by atoms with Crippen molar-refractivity contribution >= 4 is 27.3 Å². The average Bonchev–Trinajstić information content (AvgIpc) is 3.14. The van der Waals surface area contributed by atoms with Crippen LogP contribution in [0.15, 0.2) is 41.3 Å². The lowest BCUT2D eigenvalue weighted by molar-refractivity contribution is -0.137. The highest BCUT2D eigenvalue weighted by atomic mass is 32.2. The molecule has 0 saturated carbocycles. The highest BCUT2D eigenvalue weighted by Crippen LogP contribution is 2.33. The van der Waals surface area contributed by atoms with Crippen LogP contribution in [0.1, 0.15) is 37.6 Å². The van der Waals surface area contributed by atoms with E-state index in [1.165, 1.54) is 42.7 Å². The monoisotopic (exact) mass is 512 g/mol. The van der Waals surface area contributed by atoms with Crippen LogP contribution in [0.25, 0.3) is 10.6 Å². The molecule has 34 heavy (non-hydrogen) atoms. The quantitative estimate of drug-likeness (QED) is 0.447. The molecule has 0 atom stereocenters. The number of ether oxygens (including phenoxy) is 1. The van der Waals surface area contributed by atoms with Crippen LogP contribution < -0.4 is 4.72 Å². The molecular formula is C23H23F3N2O4S2. The molecule has 0 unspecified atom stereocenters. The first kappa shape index (κ1) is 25.9. The zero-order valence-corrected chi connectivity index (χ0v) is 20.5. The fourth-order valence-electron chi connectivity index (χ4n) is 3.28. The Morgan fingerprint density at radius 3 is 2.35 bits per heavy atom. The van der Waals surface area contributed by atoms with Crippen LogP contribution in [0.3, 0.4) is 0 Å². The van der Waals surface area contributed by atoms with E-state index in [0.717, 1.165) is 17.0 Å². The smallest absolute Gasteiger partial charge is 0.416 e. The van der Waals surface area contributed by atoms with Gasteiger partial charge in [-0.3, -0.25) is 0 Å². The van der Waals surface area contributed by atoms with Crippen molar-refractivity contribution in [1.82, 2.24) is 9.71 Å². The second-order valence-electron chi connectivity index (χ2n) is 7.65. The van der Waals surface area contributed by atoms with Gasteiger partial charge in [-0.25, -0.2) is 22.9 Å². The van der Waals surface area contributed by atoms with Gasteiger partial charge in [-0.2, -0.15) is 13.2 Å². The molecule has 0 amide bonds. The topological polar surface area (TPSA) is 85.4 Å². The molecule has 0 aliphatic carbocycles. The number of methoxy groups -OCH3 is 1. The molecule has 182 valence electrons. The number of carbonyl (C=O) groups excluding carboxylic acids is 1. The predicted molar refractivity (Wildman–Crippen MR) is 123 cm³/mol. The van der Waals surface area contributed by atoms with Gasteiger partial charge in [-0.05, 0) is 56.2 Å². The first-order chi connectivity index (χ1) is 15.8. The summed E-state index contributed by atoms with van der Waals surface area (Å²) in [7, 11) is -2.67. The molecule has 0 aliphatic rings. The van der Waals surface area contributed by atoms with Crippen LogP contribution >= 0.6 is 11.3 Å². The summed E-state index contributed by atoms with van der Waals surface area (Å²) >= 11 is 1.33. The van der Waals surface area contributed by atoms with Gasteiger partial charge in [0, 0.05) is 23.4 Å². The molecule has 3 aromatic rings. The van der Waals surface area contributed by atoms with E-state index in [1.54, 1.807) is 13.8 Å². The number of hydrogen-bond acceptors (Lipinski definition) is 6. The minimum Gasteiger partial charge on any atom is -0.465 e. The molecule has 0 fully saturated rings. The minimum absolute atomic E-state index is 0.0450. The number of alkyl halides is 3. The Hall–Kier alpha value is -2.76. The van der Waals surface area contributed by atoms with Crippen LogP contribution in [-0.4, -0.2) is 33.0 Å². The van der Waals surface area contributed by atoms with Crippen LogP contribution in [-0.2, 0) is 27.4 Å². The van der Waals surface area contributed by atoms with Gasteiger partial charge >= 0.3 is 12.1 Å². The predicted octanol–water partition coefficient (Wildman–Crippen LogP) is 5.06. The van der Waals surface area contributed by atoms with Crippen LogP contribution in [0, 0.1) is 20.8 Å². The molecule has 3 rings (SSSR count). The fourth-order valence-corrected chi connectivity index (χ4v) is 5.38. The van der Waals surface area contributed by atoms with Crippen molar-refractivity contribution in [3.05, 3.63) is 69.2 Å². The Morgan fingerprint density at radius 1 is 1.12 bits per heavy atom. The number of rotatable bonds is 7. The van der Waals surface area contributed by atoms with Gasteiger partial charge < -0.3 is 4.74 Å². The molecule has 0 spiro atoms. The van der Waals surface area contributed by atoms with Crippen molar-refractivity contribution in [3.63, 3.8) is 0 Å². The van der Waals surface area contributed by atoms with Gasteiger partial charge in [0.05, 0.1) is 28.8 Å². The first-order valence-corrected chi connectivity index (χ1v) is 12.5. The maximum absolute atomic E-state index is 12.8. The van der Waals surface area contributed by atoms with Crippen molar-refractivity contribution in [2.45, 2.75) is 38.3 Å². The van der Waals surface area contributed by atoms with E-state index >= 15 is 0 Å². The largest absolute Gasteiger partial charge is 0.465 e. The highest BCUT2D eigenvalue weighted by Gasteiger charge is 2.30. The third kappa shape index (κ3) is 5.65. The first-order valence-electron chi connectivity index (χ1n) is 10.2. The second-order valence-corrected chi connectivity index (χ2v) is 10.6. The molecule has 6 nitrogen and oxygen atoms in total. The molecule has 0 bridgehead atoms.